The number of anilines is 3. The molecule has 0 bridgehead atoms. The lowest BCUT2D eigenvalue weighted by molar-refractivity contribution is -0.136. The van der Waals surface area contributed by atoms with Crippen molar-refractivity contribution in [1.82, 2.24) is 0 Å². The number of nitrogens with one attached hydrogen (secondary N) is 1. The minimum atomic E-state index is -0.935. The van der Waals surface area contributed by atoms with Crippen LogP contribution in [0.5, 0.6) is 5.75 Å². The number of carbonyl (C=O) groups is 1. The summed E-state index contributed by atoms with van der Waals surface area (Å²) < 4.78 is 20.3. The Hall–Kier alpha value is -3.58. The summed E-state index contributed by atoms with van der Waals surface area (Å²) in [6.45, 7) is 7.62. The van der Waals surface area contributed by atoms with E-state index in [0.29, 0.717) is 30.8 Å². The van der Waals surface area contributed by atoms with Gasteiger partial charge in [-0.25, -0.2) is 4.39 Å². The van der Waals surface area contributed by atoms with E-state index < -0.39 is 17.4 Å². The summed E-state index contributed by atoms with van der Waals surface area (Å²) in [5, 5.41) is 22.1. The number of rotatable bonds is 11. The molecular weight excluding hydrogens is 483 g/mol. The lowest BCUT2D eigenvalue weighted by Gasteiger charge is -2.34. The van der Waals surface area contributed by atoms with Crippen LogP contribution in [0.2, 0.25) is 0 Å². The standard InChI is InChI=1S/C31H37FN2O4/c1-21-24(20-33-25-10-8-22(28(32)19-25)9-15-29(35)36)7-6-23-5-4-17-34(30(21)23)26-11-13-27(14-12-26)38-18-16-31(2,3)37/h6-8,10-14,19,33,37H,4-5,9,15-18,20H2,1-3H3,(H,35,36). The van der Waals surface area contributed by atoms with Crippen molar-refractivity contribution in [1.29, 1.82) is 0 Å². The Kier molecular flexibility index (Phi) is 8.57. The van der Waals surface area contributed by atoms with Gasteiger partial charge in [0.05, 0.1) is 12.2 Å². The van der Waals surface area contributed by atoms with Crippen molar-refractivity contribution in [3.8, 4) is 5.75 Å². The molecule has 0 fully saturated rings. The minimum Gasteiger partial charge on any atom is -0.493 e. The molecule has 202 valence electrons. The highest BCUT2D eigenvalue weighted by atomic mass is 19.1. The first-order valence-electron chi connectivity index (χ1n) is 13.2. The predicted molar refractivity (Wildman–Crippen MR) is 149 cm³/mol. The summed E-state index contributed by atoms with van der Waals surface area (Å²) in [6, 6.07) is 17.3. The molecule has 1 aliphatic rings. The average Bonchev–Trinajstić information content (AvgIpc) is 2.87. The molecule has 0 spiro atoms. The number of hydrogen-bond donors (Lipinski definition) is 3. The topological polar surface area (TPSA) is 82.0 Å². The van der Waals surface area contributed by atoms with E-state index in [1.807, 2.05) is 12.1 Å². The molecule has 3 aromatic rings. The molecule has 3 N–H and O–H groups in total. The SMILES string of the molecule is Cc1c(CNc2ccc(CCC(=O)O)c(F)c2)ccc2c1N(c1ccc(OCCC(C)(C)O)cc1)CCC2. The molecule has 3 aromatic carbocycles. The minimum absolute atomic E-state index is 0.0909. The highest BCUT2D eigenvalue weighted by Crippen LogP contribution is 2.38. The van der Waals surface area contributed by atoms with Crippen LogP contribution in [0.4, 0.5) is 21.5 Å². The molecule has 7 heteroatoms. The van der Waals surface area contributed by atoms with Crippen molar-refractivity contribution in [3.05, 3.63) is 82.7 Å². The van der Waals surface area contributed by atoms with Crippen LogP contribution in [0, 0.1) is 12.7 Å². The normalized spacial score (nSPS) is 13.2. The van der Waals surface area contributed by atoms with E-state index in [-0.39, 0.29) is 12.8 Å². The lowest BCUT2D eigenvalue weighted by Crippen LogP contribution is -2.26. The van der Waals surface area contributed by atoms with Gasteiger partial charge in [-0.3, -0.25) is 4.79 Å². The summed E-state index contributed by atoms with van der Waals surface area (Å²) in [7, 11) is 0. The highest BCUT2D eigenvalue weighted by Gasteiger charge is 2.22. The quantitative estimate of drug-likeness (QED) is 0.272. The molecule has 0 aliphatic carbocycles. The first-order valence-corrected chi connectivity index (χ1v) is 13.2. The molecular formula is C31H37FN2O4. The van der Waals surface area contributed by atoms with Gasteiger partial charge in [-0.1, -0.05) is 18.2 Å². The zero-order chi connectivity index (χ0) is 27.3. The Morgan fingerprint density at radius 2 is 1.84 bits per heavy atom. The maximum Gasteiger partial charge on any atom is 0.303 e. The van der Waals surface area contributed by atoms with Gasteiger partial charge in [0.25, 0.3) is 0 Å². The van der Waals surface area contributed by atoms with Crippen molar-refractivity contribution in [2.75, 3.05) is 23.4 Å². The smallest absolute Gasteiger partial charge is 0.303 e. The molecule has 1 aliphatic heterocycles. The maximum atomic E-state index is 14.5. The van der Waals surface area contributed by atoms with Gasteiger partial charge >= 0.3 is 5.97 Å². The van der Waals surface area contributed by atoms with Crippen LogP contribution in [0.25, 0.3) is 0 Å². The molecule has 0 unspecified atom stereocenters. The number of aliphatic hydroxyl groups is 1. The van der Waals surface area contributed by atoms with Gasteiger partial charge in [-0.05, 0) is 98.7 Å². The molecule has 0 saturated heterocycles. The second-order valence-electron chi connectivity index (χ2n) is 10.6. The maximum absolute atomic E-state index is 14.5. The molecule has 6 nitrogen and oxygen atoms in total. The number of carboxylic acid groups (broad SMARTS) is 1. The summed E-state index contributed by atoms with van der Waals surface area (Å²) in [6.07, 6.45) is 2.75. The van der Waals surface area contributed by atoms with E-state index in [4.69, 9.17) is 9.84 Å². The van der Waals surface area contributed by atoms with Crippen LogP contribution in [0.1, 0.15) is 55.4 Å². The number of aliphatic carboxylic acids is 1. The number of aryl methyl sites for hydroxylation is 2. The molecule has 0 saturated carbocycles. The van der Waals surface area contributed by atoms with E-state index in [1.165, 1.54) is 22.9 Å². The molecule has 0 aromatic heterocycles. The fourth-order valence-corrected chi connectivity index (χ4v) is 4.80. The summed E-state index contributed by atoms with van der Waals surface area (Å²) in [5.41, 5.74) is 6.30. The van der Waals surface area contributed by atoms with Gasteiger partial charge in [0.1, 0.15) is 11.6 Å². The van der Waals surface area contributed by atoms with Crippen LogP contribution < -0.4 is 15.0 Å². The molecule has 38 heavy (non-hydrogen) atoms. The number of ether oxygens (including phenoxy) is 1. The number of hydrogen-bond acceptors (Lipinski definition) is 5. The van der Waals surface area contributed by atoms with Gasteiger partial charge in [-0.2, -0.15) is 0 Å². The monoisotopic (exact) mass is 520 g/mol. The van der Waals surface area contributed by atoms with Crippen molar-refractivity contribution < 1.29 is 24.1 Å². The second-order valence-corrected chi connectivity index (χ2v) is 10.6. The first-order chi connectivity index (χ1) is 18.1. The Morgan fingerprint density at radius 1 is 1.11 bits per heavy atom. The van der Waals surface area contributed by atoms with E-state index in [2.05, 4.69) is 41.4 Å². The second kappa shape index (κ2) is 11.9. The van der Waals surface area contributed by atoms with Crippen LogP contribution >= 0.6 is 0 Å². The molecule has 0 atom stereocenters. The molecule has 4 rings (SSSR count). The number of fused-ring (bicyclic) bond motifs is 1. The Balaban J connectivity index is 1.46. The molecule has 0 amide bonds. The molecule has 1 heterocycles. The van der Waals surface area contributed by atoms with Crippen LogP contribution in [0.3, 0.4) is 0 Å². The van der Waals surface area contributed by atoms with Gasteiger partial charge in [0.2, 0.25) is 0 Å². The van der Waals surface area contributed by atoms with Gasteiger partial charge in [-0.15, -0.1) is 0 Å². The van der Waals surface area contributed by atoms with E-state index in [0.717, 1.165) is 36.4 Å². The number of benzene rings is 3. The van der Waals surface area contributed by atoms with Crippen molar-refractivity contribution >= 4 is 23.0 Å². The number of nitrogens with zero attached hydrogens (tertiary/aromatic N) is 1. The van der Waals surface area contributed by atoms with E-state index in [1.54, 1.807) is 26.0 Å². The van der Waals surface area contributed by atoms with Crippen molar-refractivity contribution in [2.45, 2.75) is 65.0 Å². The fraction of sp³-hybridized carbons (Fsp3) is 0.387. The van der Waals surface area contributed by atoms with Crippen LogP contribution in [-0.2, 0) is 24.2 Å². The zero-order valence-corrected chi connectivity index (χ0v) is 22.4. The lowest BCUT2D eigenvalue weighted by atomic mass is 9.94. The number of carboxylic acids is 1. The zero-order valence-electron chi connectivity index (χ0n) is 22.4. The third kappa shape index (κ3) is 7.04. The van der Waals surface area contributed by atoms with Gasteiger partial charge < -0.3 is 25.2 Å². The largest absolute Gasteiger partial charge is 0.493 e. The summed E-state index contributed by atoms with van der Waals surface area (Å²) in [4.78, 5) is 13.1. The summed E-state index contributed by atoms with van der Waals surface area (Å²) in [5.74, 6) is -0.543. The molecule has 0 radical (unpaired) electrons. The third-order valence-corrected chi connectivity index (χ3v) is 7.00. The third-order valence-electron chi connectivity index (χ3n) is 7.00. The average molecular weight is 521 g/mol. The fourth-order valence-electron chi connectivity index (χ4n) is 4.80. The predicted octanol–water partition coefficient (Wildman–Crippen LogP) is 6.39. The number of halogens is 1. The summed E-state index contributed by atoms with van der Waals surface area (Å²) >= 11 is 0. The van der Waals surface area contributed by atoms with Crippen LogP contribution in [0.15, 0.2) is 54.6 Å². The van der Waals surface area contributed by atoms with E-state index in [9.17, 15) is 14.3 Å². The van der Waals surface area contributed by atoms with Gasteiger partial charge in [0.15, 0.2) is 0 Å². The Labute approximate surface area is 224 Å². The van der Waals surface area contributed by atoms with Crippen LogP contribution in [-0.4, -0.2) is 34.9 Å². The Bertz CT molecular complexity index is 1270. The first kappa shape index (κ1) is 27.5. The highest BCUT2D eigenvalue weighted by molar-refractivity contribution is 5.73. The van der Waals surface area contributed by atoms with Gasteiger partial charge in [0, 0.05) is 43.0 Å². The van der Waals surface area contributed by atoms with Crippen molar-refractivity contribution in [2.24, 2.45) is 0 Å². The van der Waals surface area contributed by atoms with E-state index >= 15 is 0 Å². The Morgan fingerprint density at radius 3 is 2.53 bits per heavy atom. The van der Waals surface area contributed by atoms with Crippen molar-refractivity contribution in [3.63, 3.8) is 0 Å².